The van der Waals surface area contributed by atoms with Crippen LogP contribution in [0.2, 0.25) is 25.1 Å². The van der Waals surface area contributed by atoms with E-state index in [1.54, 1.807) is 48.5 Å². The topological polar surface area (TPSA) is 627 Å². The van der Waals surface area contributed by atoms with Crippen LogP contribution in [0.25, 0.3) is 0 Å². The molecule has 1 saturated carbocycles. The number of amides is 11. The molecule has 44 heteroatoms. The van der Waals surface area contributed by atoms with Gasteiger partial charge in [-0.1, -0.05) is 132 Å². The molecular formula is C97H109Cl5N14O25. The van der Waals surface area contributed by atoms with E-state index in [2.05, 4.69) is 74.4 Å². The number of piperidine rings is 2. The number of aromatic hydroxyl groups is 4. The lowest BCUT2D eigenvalue weighted by molar-refractivity contribution is -0.140. The SMILES string of the molecule is O=C(NCc1cccc(O)c1)c1ccc(C(=O)N[C@@H](CNC(=O)C2CCCCC2)C(=O)O)c(Cl)c1.O=C(NCc1cccc(O)c1)c1ccc(C(=O)N[C@@H](CNC(=O)C2CCCCN2)C(=O)O)c(Cl)c1.O=C(NCc1cccc(O)c1)c1ccc(C(=O)N[C@@H](CNC(=O)C2CCNCC2)C(=O)O)c(Cl)c1.O=C(N[C@@H](CNC(=O)[C@H]1C[C@@H](O)CN1)C(=O)O)c1c(Cl)cc(CCC(O)c2cccc(O)c2)cc1Cl. The molecule has 0 spiro atoms. The van der Waals surface area contributed by atoms with Crippen molar-refractivity contribution in [2.45, 2.75) is 152 Å². The predicted octanol–water partition coefficient (Wildman–Crippen LogP) is 6.93. The molecule has 1 aliphatic carbocycles. The number of hydrogen-bond donors (Lipinski definition) is 24. The predicted molar refractivity (Wildman–Crippen MR) is 518 cm³/mol. The molecule has 0 bridgehead atoms. The quantitative estimate of drug-likeness (QED) is 0.0187. The number of β-amino-alcohol motifs (C(OH)–C–C–N with tert-alkyl or cyclic N) is 1. The molecule has 11 amide bonds. The van der Waals surface area contributed by atoms with E-state index < -0.39 is 114 Å². The van der Waals surface area contributed by atoms with E-state index in [0.29, 0.717) is 59.9 Å². The summed E-state index contributed by atoms with van der Waals surface area (Å²) in [4.78, 5) is 184. The number of benzene rings is 8. The molecule has 24 N–H and O–H groups in total. The van der Waals surface area contributed by atoms with Gasteiger partial charge in [0, 0.05) is 80.9 Å². The van der Waals surface area contributed by atoms with E-state index in [9.17, 15) is 123 Å². The minimum absolute atomic E-state index is 0.000775. The van der Waals surface area contributed by atoms with Gasteiger partial charge in [-0.2, -0.15) is 0 Å². The highest BCUT2D eigenvalue weighted by Gasteiger charge is 2.34. The minimum Gasteiger partial charge on any atom is -0.508 e. The Bertz CT molecular complexity index is 5390. The lowest BCUT2D eigenvalue weighted by Crippen LogP contribution is -2.52. The van der Waals surface area contributed by atoms with Gasteiger partial charge >= 0.3 is 23.9 Å². The summed E-state index contributed by atoms with van der Waals surface area (Å²) in [6.45, 7) is 1.78. The summed E-state index contributed by atoms with van der Waals surface area (Å²) in [5.41, 5.74) is 3.79. The molecule has 0 radical (unpaired) electrons. The minimum atomic E-state index is -1.45. The first kappa shape index (κ1) is 111. The Kier molecular flexibility index (Phi) is 43.5. The van der Waals surface area contributed by atoms with E-state index in [1.165, 1.54) is 115 Å². The van der Waals surface area contributed by atoms with Gasteiger partial charge in [0.15, 0.2) is 0 Å². The van der Waals surface area contributed by atoms with Crippen molar-refractivity contribution in [2.24, 2.45) is 11.8 Å². The average Bonchev–Trinajstić information content (AvgIpc) is 0.960. The Morgan fingerprint density at radius 2 is 0.709 bits per heavy atom. The van der Waals surface area contributed by atoms with Gasteiger partial charge in [0.05, 0.1) is 71.7 Å². The summed E-state index contributed by atoms with van der Waals surface area (Å²) in [7, 11) is 0. The standard InChI is InChI=1S/C25H28ClN3O6.C24H27Cl2N3O7.2C24H27ClN4O6/c26-20-12-17(23(32)27-13-15-5-4-8-18(30)11-15)9-10-19(20)24(33)29-21(25(34)35)14-28-22(31)16-6-2-1-3-7-16;25-16-6-12(4-5-20(32)13-2-1-3-14(30)8-13)7-17(26)21(16)23(34)29-19(24(35)36)11-28-22(33)18-9-15(31)10-27-18;25-18-11-15(21(31)27-12-14-4-3-5-16(30)10-14)7-8-17(18)22(32)29-20(24(34)35)13-28-23(33)19-6-1-2-9-26-19;25-19-11-16(22(32)27-12-14-2-1-3-17(30)10-14)4-5-18(19)23(33)29-20(24(34)35)13-28-21(31)15-6-8-26-9-7-15/h4-5,8-12,16,21,30H,1-3,6-7,13-14H2,(H,27,32)(H,28,31)(H,29,33)(H,34,35);1-3,6-8,15,18-20,27,30-32H,4-5,9-11H2,(H,28,33)(H,29,34)(H,35,36);3-5,7-8,10-11,19-20,26,30H,1-2,6,9,12-13H2,(H,27,31)(H,28,33)(H,29,32)(H,34,35);1-5,10-11,15,20,26,30H,6-9,12-13H2,(H,27,32)(H,28,31)(H,29,33)(H,34,35)/t21-;15-,18-,19+,20?;19?,20-;20-/m0100/s1. The Morgan fingerprint density at radius 1 is 0.348 bits per heavy atom. The molecule has 8 aromatic rings. The number of phenols is 4. The third-order valence-corrected chi connectivity index (χ3v) is 24.4. The molecule has 3 aliphatic heterocycles. The monoisotopic (exact) mass is 2040 g/mol. The van der Waals surface area contributed by atoms with Gasteiger partial charge in [0.25, 0.3) is 41.4 Å². The van der Waals surface area contributed by atoms with Gasteiger partial charge in [-0.05, 0) is 220 Å². The highest BCUT2D eigenvalue weighted by Crippen LogP contribution is 2.32. The molecule has 4 aliphatic rings. The number of aliphatic carboxylic acids is 4. The highest BCUT2D eigenvalue weighted by molar-refractivity contribution is 6.40. The summed E-state index contributed by atoms with van der Waals surface area (Å²) in [5.74, 6) is -10.9. The Labute approximate surface area is 833 Å². The zero-order valence-electron chi connectivity index (χ0n) is 75.8. The van der Waals surface area contributed by atoms with Gasteiger partial charge in [0.2, 0.25) is 23.6 Å². The maximum absolute atomic E-state index is 12.8. The van der Waals surface area contributed by atoms with Crippen molar-refractivity contribution in [3.63, 3.8) is 0 Å². The fraction of sp³-hybridized carbons (Fsp3) is 0.351. The number of carboxylic acid groups (broad SMARTS) is 4. The number of nitrogens with one attached hydrogen (secondary N) is 14. The van der Waals surface area contributed by atoms with E-state index in [-0.39, 0.29) is 181 Å². The molecule has 8 aromatic carbocycles. The summed E-state index contributed by atoms with van der Waals surface area (Å²) in [6, 6.07) is 34.2. The number of carbonyl (C=O) groups excluding carboxylic acids is 11. The second kappa shape index (κ2) is 55.3. The number of halogens is 5. The van der Waals surface area contributed by atoms with E-state index in [1.807, 2.05) is 0 Å². The van der Waals surface area contributed by atoms with Crippen LogP contribution in [-0.4, -0.2) is 235 Å². The fourth-order valence-corrected chi connectivity index (χ4v) is 16.6. The number of rotatable bonds is 37. The molecule has 141 heavy (non-hydrogen) atoms. The lowest BCUT2D eigenvalue weighted by atomic mass is 9.88. The average molecular weight is 2050 g/mol. The van der Waals surface area contributed by atoms with Gasteiger partial charge in [-0.25, -0.2) is 19.2 Å². The van der Waals surface area contributed by atoms with Crippen LogP contribution in [0.5, 0.6) is 23.0 Å². The first-order valence-electron chi connectivity index (χ1n) is 44.9. The lowest BCUT2D eigenvalue weighted by Gasteiger charge is -2.23. The molecule has 0 aromatic heterocycles. The van der Waals surface area contributed by atoms with Crippen molar-refractivity contribution in [1.29, 1.82) is 0 Å². The van der Waals surface area contributed by atoms with E-state index >= 15 is 0 Å². The van der Waals surface area contributed by atoms with Crippen molar-refractivity contribution in [3.05, 3.63) is 256 Å². The van der Waals surface area contributed by atoms with Crippen LogP contribution in [-0.2, 0) is 64.4 Å². The summed E-state index contributed by atoms with van der Waals surface area (Å²) in [5, 5.41) is 132. The Morgan fingerprint density at radius 3 is 1.06 bits per heavy atom. The molecular weight excluding hydrogens is 1940 g/mol. The smallest absolute Gasteiger partial charge is 0.328 e. The molecule has 12 rings (SSSR count). The zero-order chi connectivity index (χ0) is 103. The number of carboxylic acids is 4. The second-order valence-corrected chi connectivity index (χ2v) is 35.4. The van der Waals surface area contributed by atoms with Gasteiger partial charge in [-0.15, -0.1) is 0 Å². The number of carbonyl (C=O) groups is 15. The number of aryl methyl sites for hydroxylation is 1. The van der Waals surface area contributed by atoms with Crippen LogP contribution in [0.1, 0.15) is 183 Å². The normalized spacial score (nSPS) is 16.0. The van der Waals surface area contributed by atoms with Crippen LogP contribution in [0.15, 0.2) is 164 Å². The van der Waals surface area contributed by atoms with Crippen molar-refractivity contribution < 1.29 is 123 Å². The molecule has 2 unspecified atom stereocenters. The Hall–Kier alpha value is -13.7. The zero-order valence-corrected chi connectivity index (χ0v) is 79.6. The van der Waals surface area contributed by atoms with Crippen molar-refractivity contribution in [3.8, 4) is 23.0 Å². The Balaban J connectivity index is 0.000000210. The molecule has 8 atom stereocenters. The fourth-order valence-electron chi connectivity index (χ4n) is 15.1. The summed E-state index contributed by atoms with van der Waals surface area (Å²) in [6.07, 6.45) is 7.86. The number of phenolic OH excluding ortho intramolecular Hbond substituents is 4. The van der Waals surface area contributed by atoms with Gasteiger partial charge < -0.3 is 126 Å². The number of hydrogen-bond acceptors (Lipinski definition) is 24. The summed E-state index contributed by atoms with van der Waals surface area (Å²) >= 11 is 31.2. The third-order valence-electron chi connectivity index (χ3n) is 22.9. The maximum atomic E-state index is 12.8. The van der Waals surface area contributed by atoms with Crippen LogP contribution >= 0.6 is 58.0 Å². The first-order chi connectivity index (χ1) is 67.3. The van der Waals surface area contributed by atoms with Crippen molar-refractivity contribution in [1.82, 2.24) is 74.4 Å². The second-order valence-electron chi connectivity index (χ2n) is 33.4. The molecule has 3 saturated heterocycles. The molecule has 3 heterocycles. The van der Waals surface area contributed by atoms with Crippen LogP contribution in [0.3, 0.4) is 0 Å². The van der Waals surface area contributed by atoms with Gasteiger partial charge in [-0.3, -0.25) is 52.7 Å². The van der Waals surface area contributed by atoms with Crippen molar-refractivity contribution >= 4 is 147 Å². The highest BCUT2D eigenvalue weighted by atomic mass is 35.5. The van der Waals surface area contributed by atoms with E-state index in [4.69, 9.17) is 58.0 Å². The molecule has 4 fully saturated rings. The van der Waals surface area contributed by atoms with Crippen LogP contribution in [0.4, 0.5) is 0 Å². The van der Waals surface area contributed by atoms with Crippen molar-refractivity contribution in [2.75, 3.05) is 52.4 Å². The van der Waals surface area contributed by atoms with Crippen LogP contribution in [0, 0.1) is 11.8 Å². The molecule has 752 valence electrons. The largest absolute Gasteiger partial charge is 0.508 e. The van der Waals surface area contributed by atoms with Crippen LogP contribution < -0.4 is 74.4 Å². The number of aliphatic hydroxyl groups is 2. The maximum Gasteiger partial charge on any atom is 0.328 e. The number of aliphatic hydroxyl groups excluding tert-OH is 2. The molecule has 39 nitrogen and oxygen atoms in total. The summed E-state index contributed by atoms with van der Waals surface area (Å²) < 4.78 is 0. The van der Waals surface area contributed by atoms with E-state index in [0.717, 1.165) is 64.6 Å². The third kappa shape index (κ3) is 35.5. The first-order valence-corrected chi connectivity index (χ1v) is 46.8. The van der Waals surface area contributed by atoms with Gasteiger partial charge in [0.1, 0.15) is 47.2 Å².